The van der Waals surface area contributed by atoms with E-state index in [4.69, 9.17) is 5.11 Å². The Hall–Kier alpha value is -1.36. The van der Waals surface area contributed by atoms with Gasteiger partial charge in [-0.25, -0.2) is 0 Å². The summed E-state index contributed by atoms with van der Waals surface area (Å²) in [6, 6.07) is 7.99. The maximum absolute atomic E-state index is 12.1. The molecule has 0 aliphatic heterocycles. The smallest absolute Gasteiger partial charge is 0.305 e. The fourth-order valence-electron chi connectivity index (χ4n) is 2.23. The minimum absolute atomic E-state index is 0.00346. The van der Waals surface area contributed by atoms with E-state index in [9.17, 15) is 9.59 Å². The zero-order valence-electron chi connectivity index (χ0n) is 10.7. The summed E-state index contributed by atoms with van der Waals surface area (Å²) in [7, 11) is 1.67. The van der Waals surface area contributed by atoms with Gasteiger partial charge in [-0.2, -0.15) is 0 Å². The molecular formula is C14H16BrNO3. The van der Waals surface area contributed by atoms with E-state index in [1.165, 1.54) is 10.5 Å². The lowest BCUT2D eigenvalue weighted by molar-refractivity contribution is -0.138. The first-order valence-corrected chi connectivity index (χ1v) is 7.00. The molecule has 0 radical (unpaired) electrons. The van der Waals surface area contributed by atoms with Crippen LogP contribution in [0.15, 0.2) is 28.7 Å². The number of carboxylic acid groups (broad SMARTS) is 1. The van der Waals surface area contributed by atoms with Crippen molar-refractivity contribution in [2.75, 3.05) is 13.6 Å². The molecule has 19 heavy (non-hydrogen) atoms. The van der Waals surface area contributed by atoms with Crippen molar-refractivity contribution in [1.82, 2.24) is 4.90 Å². The summed E-state index contributed by atoms with van der Waals surface area (Å²) in [5.74, 6) is -0.546. The zero-order chi connectivity index (χ0) is 14.0. The van der Waals surface area contributed by atoms with Gasteiger partial charge in [-0.05, 0) is 30.0 Å². The minimum atomic E-state index is -0.876. The lowest BCUT2D eigenvalue weighted by Crippen LogP contribution is -2.30. The summed E-state index contributed by atoms with van der Waals surface area (Å²) >= 11 is 3.42. The number of carbonyl (C=O) groups is 2. The Balaban J connectivity index is 1.91. The van der Waals surface area contributed by atoms with Crippen LogP contribution in [0.1, 0.15) is 24.3 Å². The van der Waals surface area contributed by atoms with Crippen LogP contribution in [0.25, 0.3) is 0 Å². The van der Waals surface area contributed by atoms with Crippen molar-refractivity contribution in [2.24, 2.45) is 5.92 Å². The molecule has 1 aliphatic rings. The normalized spacial score (nSPS) is 20.9. The first-order chi connectivity index (χ1) is 8.99. The van der Waals surface area contributed by atoms with E-state index >= 15 is 0 Å². The Bertz CT molecular complexity index is 503. The van der Waals surface area contributed by atoms with Crippen molar-refractivity contribution >= 4 is 27.8 Å². The predicted molar refractivity (Wildman–Crippen MR) is 74.9 cm³/mol. The summed E-state index contributed by atoms with van der Waals surface area (Å²) < 4.78 is 1.02. The third kappa shape index (κ3) is 3.56. The summed E-state index contributed by atoms with van der Waals surface area (Å²) in [5.41, 5.74) is 1.17. The second-order valence-electron chi connectivity index (χ2n) is 4.91. The summed E-state index contributed by atoms with van der Waals surface area (Å²) in [6.45, 7) is 0.274. The van der Waals surface area contributed by atoms with Crippen LogP contribution in [-0.4, -0.2) is 35.5 Å². The van der Waals surface area contributed by atoms with Gasteiger partial charge in [-0.1, -0.05) is 28.1 Å². The highest BCUT2D eigenvalue weighted by molar-refractivity contribution is 9.10. The molecule has 1 saturated carbocycles. The number of benzene rings is 1. The van der Waals surface area contributed by atoms with Gasteiger partial charge in [-0.15, -0.1) is 0 Å². The summed E-state index contributed by atoms with van der Waals surface area (Å²) in [4.78, 5) is 24.1. The highest BCUT2D eigenvalue weighted by atomic mass is 79.9. The molecule has 2 atom stereocenters. The van der Waals surface area contributed by atoms with E-state index < -0.39 is 5.97 Å². The van der Waals surface area contributed by atoms with Crippen LogP contribution >= 0.6 is 15.9 Å². The molecular weight excluding hydrogens is 310 g/mol. The molecule has 1 N–H and O–H groups in total. The van der Waals surface area contributed by atoms with Crippen molar-refractivity contribution in [3.8, 4) is 0 Å². The molecule has 0 spiro atoms. The van der Waals surface area contributed by atoms with Crippen molar-refractivity contribution in [3.63, 3.8) is 0 Å². The van der Waals surface area contributed by atoms with Crippen molar-refractivity contribution in [1.29, 1.82) is 0 Å². The maximum atomic E-state index is 12.1. The molecule has 0 heterocycles. The first-order valence-electron chi connectivity index (χ1n) is 6.21. The average Bonchev–Trinajstić information content (AvgIpc) is 3.15. The van der Waals surface area contributed by atoms with Crippen molar-refractivity contribution < 1.29 is 14.7 Å². The summed E-state index contributed by atoms with van der Waals surface area (Å²) in [5, 5.41) is 8.62. The highest BCUT2D eigenvalue weighted by Gasteiger charge is 2.45. The number of carboxylic acids is 1. The van der Waals surface area contributed by atoms with E-state index in [1.54, 1.807) is 7.05 Å². The third-order valence-electron chi connectivity index (χ3n) is 3.42. The minimum Gasteiger partial charge on any atom is -0.481 e. The van der Waals surface area contributed by atoms with E-state index in [2.05, 4.69) is 15.9 Å². The monoisotopic (exact) mass is 325 g/mol. The lowest BCUT2D eigenvalue weighted by atomic mass is 10.1. The number of aliphatic carboxylic acids is 1. The van der Waals surface area contributed by atoms with E-state index in [-0.39, 0.29) is 30.7 Å². The number of rotatable bonds is 5. The van der Waals surface area contributed by atoms with Crippen LogP contribution in [0.3, 0.4) is 0 Å². The van der Waals surface area contributed by atoms with E-state index in [0.29, 0.717) is 0 Å². The van der Waals surface area contributed by atoms with Gasteiger partial charge in [-0.3, -0.25) is 9.59 Å². The highest BCUT2D eigenvalue weighted by Crippen LogP contribution is 2.48. The first kappa shape index (κ1) is 14.1. The largest absolute Gasteiger partial charge is 0.481 e. The number of hydrogen-bond acceptors (Lipinski definition) is 2. The lowest BCUT2D eigenvalue weighted by Gasteiger charge is -2.16. The van der Waals surface area contributed by atoms with Gasteiger partial charge in [0.2, 0.25) is 5.91 Å². The van der Waals surface area contributed by atoms with Gasteiger partial charge < -0.3 is 10.0 Å². The molecule has 1 aromatic carbocycles. The standard InChI is InChI=1S/C14H16BrNO3/c1-16(6-5-13(17)18)14(19)12-8-11(12)9-3-2-4-10(15)7-9/h2-4,7,11-12H,5-6,8H2,1H3,(H,17,18). The molecule has 2 rings (SSSR count). The maximum Gasteiger partial charge on any atom is 0.305 e. The molecule has 5 heteroatoms. The van der Waals surface area contributed by atoms with Gasteiger partial charge in [0, 0.05) is 24.0 Å². The van der Waals surface area contributed by atoms with Gasteiger partial charge in [0.25, 0.3) is 0 Å². The molecule has 1 aromatic rings. The molecule has 1 fully saturated rings. The van der Waals surface area contributed by atoms with Crippen molar-refractivity contribution in [2.45, 2.75) is 18.8 Å². The number of nitrogens with zero attached hydrogens (tertiary/aromatic N) is 1. The van der Waals surface area contributed by atoms with Gasteiger partial charge in [0.15, 0.2) is 0 Å². The fourth-order valence-corrected chi connectivity index (χ4v) is 2.65. The topological polar surface area (TPSA) is 57.6 Å². The van der Waals surface area contributed by atoms with Crippen LogP contribution in [0.4, 0.5) is 0 Å². The third-order valence-corrected chi connectivity index (χ3v) is 3.92. The molecule has 1 amide bonds. The van der Waals surface area contributed by atoms with Crippen LogP contribution in [-0.2, 0) is 9.59 Å². The molecule has 102 valence electrons. The second kappa shape index (κ2) is 5.74. The Morgan fingerprint density at radius 1 is 1.47 bits per heavy atom. The Kier molecular flexibility index (Phi) is 4.24. The molecule has 4 nitrogen and oxygen atoms in total. The van der Waals surface area contributed by atoms with Gasteiger partial charge >= 0.3 is 5.97 Å². The van der Waals surface area contributed by atoms with Crippen LogP contribution in [0.5, 0.6) is 0 Å². The predicted octanol–water partition coefficient (Wildman–Crippen LogP) is 2.49. The van der Waals surface area contributed by atoms with Crippen LogP contribution in [0, 0.1) is 5.92 Å². The quantitative estimate of drug-likeness (QED) is 0.904. The van der Waals surface area contributed by atoms with Crippen LogP contribution < -0.4 is 0 Å². The van der Waals surface area contributed by atoms with Crippen molar-refractivity contribution in [3.05, 3.63) is 34.3 Å². The fraction of sp³-hybridized carbons (Fsp3) is 0.429. The Morgan fingerprint density at radius 2 is 2.21 bits per heavy atom. The number of amides is 1. The number of halogens is 1. The second-order valence-corrected chi connectivity index (χ2v) is 5.82. The zero-order valence-corrected chi connectivity index (χ0v) is 12.3. The van der Waals surface area contributed by atoms with Gasteiger partial charge in [0.05, 0.1) is 6.42 Å². The Morgan fingerprint density at radius 3 is 2.84 bits per heavy atom. The molecule has 0 saturated heterocycles. The van der Waals surface area contributed by atoms with Gasteiger partial charge in [0.1, 0.15) is 0 Å². The molecule has 0 bridgehead atoms. The van der Waals surface area contributed by atoms with E-state index in [1.807, 2.05) is 24.3 Å². The van der Waals surface area contributed by atoms with E-state index in [0.717, 1.165) is 10.9 Å². The Labute approximate surface area is 120 Å². The molecule has 1 aliphatic carbocycles. The average molecular weight is 326 g/mol. The SMILES string of the molecule is CN(CCC(=O)O)C(=O)C1CC1c1cccc(Br)c1. The molecule has 2 unspecified atom stereocenters. The number of hydrogen-bond donors (Lipinski definition) is 1. The molecule has 0 aromatic heterocycles. The summed E-state index contributed by atoms with van der Waals surface area (Å²) in [6.07, 6.45) is 0.850. The number of carbonyl (C=O) groups excluding carboxylic acids is 1. The van der Waals surface area contributed by atoms with Crippen LogP contribution in [0.2, 0.25) is 0 Å².